The zero-order chi connectivity index (χ0) is 14.0. The van der Waals surface area contributed by atoms with Gasteiger partial charge in [-0.1, -0.05) is 0 Å². The van der Waals surface area contributed by atoms with Crippen molar-refractivity contribution < 1.29 is 9.53 Å². The fourth-order valence-corrected chi connectivity index (χ4v) is 1.69. The van der Waals surface area contributed by atoms with Gasteiger partial charge in [0.05, 0.1) is 18.4 Å². The van der Waals surface area contributed by atoms with Crippen LogP contribution in [0.2, 0.25) is 0 Å². The highest BCUT2D eigenvalue weighted by molar-refractivity contribution is 5.93. The Morgan fingerprint density at radius 2 is 1.84 bits per heavy atom. The number of H-pyrrole nitrogens is 1. The fraction of sp³-hybridized carbons (Fsp3) is 0.154. The van der Waals surface area contributed by atoms with Crippen molar-refractivity contribution in [3.05, 3.63) is 56.9 Å². The molecule has 0 aliphatic heterocycles. The largest absolute Gasteiger partial charge is 0.497 e. The number of aromatic nitrogens is 2. The molecule has 2 rings (SSSR count). The summed E-state index contributed by atoms with van der Waals surface area (Å²) in [5.41, 5.74) is -0.924. The number of nitrogens with zero attached hydrogens (tertiary/aromatic N) is 1. The van der Waals surface area contributed by atoms with Gasteiger partial charge in [-0.2, -0.15) is 0 Å². The number of nitrogens with one attached hydrogen (secondary N) is 1. The monoisotopic (exact) mass is 260 g/mol. The van der Waals surface area contributed by atoms with Crippen LogP contribution in [-0.2, 0) is 0 Å². The number of hydrogen-bond donors (Lipinski definition) is 1. The molecule has 2 aromatic rings. The number of ether oxygens (including phenoxy) is 1. The van der Waals surface area contributed by atoms with Crippen molar-refractivity contribution >= 4 is 5.78 Å². The Morgan fingerprint density at radius 1 is 1.21 bits per heavy atom. The number of carbonyl (C=O) groups excluding carboxylic acids is 1. The van der Waals surface area contributed by atoms with Crippen LogP contribution in [0, 0.1) is 0 Å². The molecule has 0 aliphatic rings. The lowest BCUT2D eigenvalue weighted by molar-refractivity contribution is 0.101. The molecule has 0 spiro atoms. The van der Waals surface area contributed by atoms with Gasteiger partial charge < -0.3 is 9.72 Å². The predicted octanol–water partition coefficient (Wildman–Crippen LogP) is 0.737. The summed E-state index contributed by atoms with van der Waals surface area (Å²) in [6.45, 7) is 1.27. The van der Waals surface area contributed by atoms with E-state index in [-0.39, 0.29) is 5.56 Å². The Kier molecular flexibility index (Phi) is 3.33. The molecule has 6 heteroatoms. The minimum absolute atomic E-state index is 0.0598. The Balaban J connectivity index is 2.67. The van der Waals surface area contributed by atoms with E-state index in [1.54, 1.807) is 24.3 Å². The van der Waals surface area contributed by atoms with Crippen molar-refractivity contribution in [2.75, 3.05) is 7.11 Å². The maximum Gasteiger partial charge on any atom is 0.333 e. The molecule has 1 aromatic heterocycles. The molecule has 0 saturated carbocycles. The first-order valence-corrected chi connectivity index (χ1v) is 5.54. The molecular formula is C13H12N2O4. The average molecular weight is 260 g/mol. The average Bonchev–Trinajstić information content (AvgIpc) is 2.39. The van der Waals surface area contributed by atoms with Crippen LogP contribution in [0.3, 0.4) is 0 Å². The number of benzene rings is 1. The van der Waals surface area contributed by atoms with Crippen molar-refractivity contribution in [1.82, 2.24) is 9.55 Å². The third-order valence-corrected chi connectivity index (χ3v) is 2.69. The van der Waals surface area contributed by atoms with Crippen molar-refractivity contribution in [2.45, 2.75) is 6.92 Å². The maximum atomic E-state index is 12.1. The van der Waals surface area contributed by atoms with E-state index in [0.717, 1.165) is 10.8 Å². The lowest BCUT2D eigenvalue weighted by atomic mass is 10.2. The standard InChI is InChI=1S/C13H12N2O4/c1-8(16)11-7-14-13(18)15(12(11)17)9-3-5-10(19-2)6-4-9/h3-7H,1-2H3,(H,14,18). The van der Waals surface area contributed by atoms with Gasteiger partial charge in [0.1, 0.15) is 5.75 Å². The molecule has 0 saturated heterocycles. The van der Waals surface area contributed by atoms with E-state index in [4.69, 9.17) is 4.74 Å². The summed E-state index contributed by atoms with van der Waals surface area (Å²) in [6.07, 6.45) is 1.13. The van der Waals surface area contributed by atoms with Crippen LogP contribution < -0.4 is 16.0 Å². The van der Waals surface area contributed by atoms with E-state index in [1.165, 1.54) is 14.0 Å². The zero-order valence-electron chi connectivity index (χ0n) is 10.5. The molecule has 98 valence electrons. The molecule has 1 aromatic carbocycles. The Labute approximate surface area is 108 Å². The molecule has 6 nitrogen and oxygen atoms in total. The molecule has 0 atom stereocenters. The quantitative estimate of drug-likeness (QED) is 0.825. The van der Waals surface area contributed by atoms with Crippen LogP contribution in [-0.4, -0.2) is 22.4 Å². The number of methoxy groups -OCH3 is 1. The first-order valence-electron chi connectivity index (χ1n) is 5.54. The van der Waals surface area contributed by atoms with Crippen molar-refractivity contribution in [1.29, 1.82) is 0 Å². The number of Topliss-reactive ketones (excluding diaryl/α,β-unsaturated/α-hetero) is 1. The van der Waals surface area contributed by atoms with Crippen LogP contribution in [0.5, 0.6) is 5.75 Å². The summed E-state index contributed by atoms with van der Waals surface area (Å²) in [7, 11) is 1.52. The van der Waals surface area contributed by atoms with Gasteiger partial charge in [-0.25, -0.2) is 9.36 Å². The Bertz CT molecular complexity index is 726. The van der Waals surface area contributed by atoms with Crippen molar-refractivity contribution in [3.8, 4) is 11.4 Å². The topological polar surface area (TPSA) is 81.2 Å². The Hall–Kier alpha value is -2.63. The van der Waals surface area contributed by atoms with Gasteiger partial charge in [0.15, 0.2) is 5.78 Å². The first kappa shape index (κ1) is 12.8. The normalized spacial score (nSPS) is 10.2. The highest BCUT2D eigenvalue weighted by atomic mass is 16.5. The van der Waals surface area contributed by atoms with Gasteiger partial charge in [-0.05, 0) is 31.2 Å². The van der Waals surface area contributed by atoms with Crippen molar-refractivity contribution in [2.24, 2.45) is 0 Å². The molecule has 19 heavy (non-hydrogen) atoms. The van der Waals surface area contributed by atoms with E-state index in [0.29, 0.717) is 11.4 Å². The fourth-order valence-electron chi connectivity index (χ4n) is 1.69. The number of carbonyl (C=O) groups is 1. The third kappa shape index (κ3) is 2.33. The first-order chi connectivity index (χ1) is 9.04. The molecule has 0 aliphatic carbocycles. The minimum atomic E-state index is -0.638. The number of hydrogen-bond acceptors (Lipinski definition) is 4. The second-order valence-corrected chi connectivity index (χ2v) is 3.90. The molecular weight excluding hydrogens is 248 g/mol. The summed E-state index contributed by atoms with van der Waals surface area (Å²) >= 11 is 0. The molecule has 0 bridgehead atoms. The predicted molar refractivity (Wildman–Crippen MR) is 69.2 cm³/mol. The zero-order valence-corrected chi connectivity index (χ0v) is 10.5. The van der Waals surface area contributed by atoms with E-state index in [1.807, 2.05) is 0 Å². The van der Waals surface area contributed by atoms with Gasteiger partial charge in [-0.15, -0.1) is 0 Å². The van der Waals surface area contributed by atoms with Crippen LogP contribution in [0.15, 0.2) is 40.1 Å². The van der Waals surface area contributed by atoms with Gasteiger partial charge in [0.2, 0.25) is 0 Å². The molecule has 0 radical (unpaired) electrons. The van der Waals surface area contributed by atoms with Crippen LogP contribution in [0.25, 0.3) is 5.69 Å². The van der Waals surface area contributed by atoms with Crippen LogP contribution >= 0.6 is 0 Å². The number of aromatic amines is 1. The summed E-state index contributed by atoms with van der Waals surface area (Å²) < 4.78 is 5.91. The summed E-state index contributed by atoms with van der Waals surface area (Å²) in [5, 5.41) is 0. The summed E-state index contributed by atoms with van der Waals surface area (Å²) in [6, 6.07) is 6.39. The van der Waals surface area contributed by atoms with E-state index in [2.05, 4.69) is 4.98 Å². The van der Waals surface area contributed by atoms with Crippen molar-refractivity contribution in [3.63, 3.8) is 0 Å². The highest BCUT2D eigenvalue weighted by Crippen LogP contribution is 2.12. The molecule has 0 fully saturated rings. The Morgan fingerprint density at radius 3 is 2.37 bits per heavy atom. The number of ketones is 1. The molecule has 1 N–H and O–H groups in total. The van der Waals surface area contributed by atoms with E-state index >= 15 is 0 Å². The number of rotatable bonds is 3. The smallest absolute Gasteiger partial charge is 0.333 e. The lowest BCUT2D eigenvalue weighted by Crippen LogP contribution is -2.36. The summed E-state index contributed by atoms with van der Waals surface area (Å²) in [4.78, 5) is 37.5. The van der Waals surface area contributed by atoms with Gasteiger partial charge in [0.25, 0.3) is 5.56 Å². The lowest BCUT2D eigenvalue weighted by Gasteiger charge is -2.06. The SMILES string of the molecule is COc1ccc(-n2c(=O)[nH]cc(C(C)=O)c2=O)cc1. The molecule has 0 unspecified atom stereocenters. The molecule has 1 heterocycles. The van der Waals surface area contributed by atoms with Gasteiger partial charge >= 0.3 is 5.69 Å². The maximum absolute atomic E-state index is 12.1. The van der Waals surface area contributed by atoms with Gasteiger partial charge in [-0.3, -0.25) is 9.59 Å². The van der Waals surface area contributed by atoms with E-state index < -0.39 is 17.0 Å². The summed E-state index contributed by atoms with van der Waals surface area (Å²) in [5.74, 6) is 0.208. The molecule has 0 amide bonds. The highest BCUT2D eigenvalue weighted by Gasteiger charge is 2.12. The second-order valence-electron chi connectivity index (χ2n) is 3.90. The van der Waals surface area contributed by atoms with Crippen LogP contribution in [0.4, 0.5) is 0 Å². The second kappa shape index (κ2) is 4.93. The van der Waals surface area contributed by atoms with Crippen LogP contribution in [0.1, 0.15) is 17.3 Å². The minimum Gasteiger partial charge on any atom is -0.497 e. The van der Waals surface area contributed by atoms with E-state index in [9.17, 15) is 14.4 Å². The van der Waals surface area contributed by atoms with Gasteiger partial charge in [0, 0.05) is 6.20 Å². The third-order valence-electron chi connectivity index (χ3n) is 2.69.